The molecule has 2 nitrogen and oxygen atoms in total. The van der Waals surface area contributed by atoms with Crippen LogP contribution >= 0.6 is 0 Å². The van der Waals surface area contributed by atoms with E-state index in [2.05, 4.69) is 48.7 Å². The normalized spacial score (nSPS) is 22.4. The van der Waals surface area contributed by atoms with Crippen molar-refractivity contribution >= 4 is 0 Å². The first-order valence-electron chi connectivity index (χ1n) is 6.76. The first kappa shape index (κ1) is 12.6. The summed E-state index contributed by atoms with van der Waals surface area (Å²) in [6.07, 6.45) is 2.69. The van der Waals surface area contributed by atoms with Crippen LogP contribution in [0.3, 0.4) is 0 Å². The third-order valence-corrected chi connectivity index (χ3v) is 3.65. The first-order valence-corrected chi connectivity index (χ1v) is 6.76. The Morgan fingerprint density at radius 1 is 1.47 bits per heavy atom. The number of piperidine rings is 1. The molecule has 1 aromatic rings. The molecule has 0 bridgehead atoms. The van der Waals surface area contributed by atoms with Crippen molar-refractivity contribution in [2.24, 2.45) is 5.92 Å². The molecule has 2 N–H and O–H groups in total. The van der Waals surface area contributed by atoms with E-state index in [4.69, 9.17) is 0 Å². The molecule has 0 aromatic heterocycles. The summed E-state index contributed by atoms with van der Waals surface area (Å²) < 4.78 is 0. The number of aryl methyl sites for hydroxylation is 1. The molecular formula is C15H24N2. The molecular weight excluding hydrogens is 208 g/mol. The lowest BCUT2D eigenvalue weighted by Crippen LogP contribution is -2.36. The number of hydrogen-bond donors (Lipinski definition) is 2. The highest BCUT2D eigenvalue weighted by atomic mass is 14.9. The summed E-state index contributed by atoms with van der Waals surface area (Å²) in [6, 6.07) is 9.24. The Bertz CT molecular complexity index is 343. The second kappa shape index (κ2) is 6.18. The average Bonchev–Trinajstić information content (AvgIpc) is 2.37. The van der Waals surface area contributed by atoms with Gasteiger partial charge in [0.2, 0.25) is 0 Å². The SMILES string of the molecule is Cc1cccc([C@@H](C)NCC2CCCNC2)c1. The van der Waals surface area contributed by atoms with Crippen LogP contribution in [0.2, 0.25) is 0 Å². The maximum atomic E-state index is 3.66. The van der Waals surface area contributed by atoms with Crippen LogP contribution < -0.4 is 10.6 Å². The average molecular weight is 232 g/mol. The van der Waals surface area contributed by atoms with Crippen molar-refractivity contribution in [3.63, 3.8) is 0 Å². The maximum Gasteiger partial charge on any atom is 0.0292 e. The Morgan fingerprint density at radius 2 is 2.35 bits per heavy atom. The molecule has 0 amide bonds. The standard InChI is InChI=1S/C15H24N2/c1-12-5-3-7-15(9-12)13(2)17-11-14-6-4-8-16-10-14/h3,5,7,9,13-14,16-17H,4,6,8,10-11H2,1-2H3/t13-,14?/m1/s1. The molecule has 1 aliphatic heterocycles. The van der Waals surface area contributed by atoms with Gasteiger partial charge in [0.15, 0.2) is 0 Å². The molecule has 17 heavy (non-hydrogen) atoms. The molecule has 1 aromatic carbocycles. The minimum atomic E-state index is 0.455. The van der Waals surface area contributed by atoms with E-state index < -0.39 is 0 Å². The van der Waals surface area contributed by atoms with Gasteiger partial charge >= 0.3 is 0 Å². The second-order valence-electron chi connectivity index (χ2n) is 5.26. The van der Waals surface area contributed by atoms with Gasteiger partial charge in [0.1, 0.15) is 0 Å². The van der Waals surface area contributed by atoms with E-state index in [0.29, 0.717) is 6.04 Å². The van der Waals surface area contributed by atoms with Gasteiger partial charge in [0, 0.05) is 6.04 Å². The molecule has 1 aliphatic rings. The van der Waals surface area contributed by atoms with Crippen LogP contribution in [0.25, 0.3) is 0 Å². The summed E-state index contributed by atoms with van der Waals surface area (Å²) in [5, 5.41) is 7.12. The first-order chi connectivity index (χ1) is 8.25. The molecule has 94 valence electrons. The molecule has 0 radical (unpaired) electrons. The molecule has 2 heteroatoms. The van der Waals surface area contributed by atoms with Crippen molar-refractivity contribution < 1.29 is 0 Å². The van der Waals surface area contributed by atoms with Crippen molar-refractivity contribution in [1.82, 2.24) is 10.6 Å². The smallest absolute Gasteiger partial charge is 0.0292 e. The molecule has 2 rings (SSSR count). The molecule has 1 heterocycles. The molecule has 0 aliphatic carbocycles. The minimum absolute atomic E-state index is 0.455. The third-order valence-electron chi connectivity index (χ3n) is 3.65. The summed E-state index contributed by atoms with van der Waals surface area (Å²) in [6.45, 7) is 7.91. The number of nitrogens with one attached hydrogen (secondary N) is 2. The summed E-state index contributed by atoms with van der Waals surface area (Å²) in [5.74, 6) is 0.802. The van der Waals surface area contributed by atoms with E-state index >= 15 is 0 Å². The molecule has 1 fully saturated rings. The highest BCUT2D eigenvalue weighted by molar-refractivity contribution is 5.24. The zero-order chi connectivity index (χ0) is 12.1. The topological polar surface area (TPSA) is 24.1 Å². The summed E-state index contributed by atoms with van der Waals surface area (Å²) in [4.78, 5) is 0. The van der Waals surface area contributed by atoms with Crippen molar-refractivity contribution in [2.75, 3.05) is 19.6 Å². The highest BCUT2D eigenvalue weighted by Crippen LogP contribution is 2.15. The van der Waals surface area contributed by atoms with E-state index in [9.17, 15) is 0 Å². The Kier molecular flexibility index (Phi) is 4.57. The van der Waals surface area contributed by atoms with Gasteiger partial charge in [-0.25, -0.2) is 0 Å². The largest absolute Gasteiger partial charge is 0.316 e. The number of benzene rings is 1. The lowest BCUT2D eigenvalue weighted by atomic mass is 9.98. The van der Waals surface area contributed by atoms with E-state index in [0.717, 1.165) is 12.5 Å². The summed E-state index contributed by atoms with van der Waals surface area (Å²) >= 11 is 0. The van der Waals surface area contributed by atoms with Crippen LogP contribution in [-0.2, 0) is 0 Å². The second-order valence-corrected chi connectivity index (χ2v) is 5.26. The van der Waals surface area contributed by atoms with Crippen molar-refractivity contribution in [3.8, 4) is 0 Å². The van der Waals surface area contributed by atoms with Crippen LogP contribution in [0.15, 0.2) is 24.3 Å². The van der Waals surface area contributed by atoms with E-state index in [1.165, 1.54) is 37.1 Å². The van der Waals surface area contributed by atoms with E-state index in [-0.39, 0.29) is 0 Å². The van der Waals surface area contributed by atoms with Gasteiger partial charge < -0.3 is 10.6 Å². The monoisotopic (exact) mass is 232 g/mol. The fourth-order valence-corrected chi connectivity index (χ4v) is 2.50. The summed E-state index contributed by atoms with van der Waals surface area (Å²) in [7, 11) is 0. The quantitative estimate of drug-likeness (QED) is 0.834. The Hall–Kier alpha value is -0.860. The Morgan fingerprint density at radius 3 is 3.06 bits per heavy atom. The summed E-state index contributed by atoms with van der Waals surface area (Å²) in [5.41, 5.74) is 2.74. The molecule has 1 unspecified atom stereocenters. The zero-order valence-corrected chi connectivity index (χ0v) is 11.0. The van der Waals surface area contributed by atoms with E-state index in [1.807, 2.05) is 0 Å². The van der Waals surface area contributed by atoms with Gasteiger partial charge in [-0.3, -0.25) is 0 Å². The number of hydrogen-bond acceptors (Lipinski definition) is 2. The minimum Gasteiger partial charge on any atom is -0.316 e. The fourth-order valence-electron chi connectivity index (χ4n) is 2.50. The Balaban J connectivity index is 1.82. The molecule has 0 spiro atoms. The van der Waals surface area contributed by atoms with Crippen molar-refractivity contribution in [1.29, 1.82) is 0 Å². The van der Waals surface area contributed by atoms with Crippen molar-refractivity contribution in [3.05, 3.63) is 35.4 Å². The van der Waals surface area contributed by atoms with Gasteiger partial charge in [0.25, 0.3) is 0 Å². The predicted octanol–water partition coefficient (Wildman–Crippen LogP) is 2.65. The van der Waals surface area contributed by atoms with Gasteiger partial charge in [-0.05, 0) is 57.8 Å². The van der Waals surface area contributed by atoms with Crippen LogP contribution in [0.5, 0.6) is 0 Å². The molecule has 0 saturated carbocycles. The van der Waals surface area contributed by atoms with Gasteiger partial charge in [-0.15, -0.1) is 0 Å². The Labute approximate surface area is 105 Å². The van der Waals surface area contributed by atoms with Crippen LogP contribution in [-0.4, -0.2) is 19.6 Å². The predicted molar refractivity (Wildman–Crippen MR) is 73.2 cm³/mol. The fraction of sp³-hybridized carbons (Fsp3) is 0.600. The van der Waals surface area contributed by atoms with Gasteiger partial charge in [0.05, 0.1) is 0 Å². The lowest BCUT2D eigenvalue weighted by Gasteiger charge is -2.25. The van der Waals surface area contributed by atoms with Gasteiger partial charge in [-0.1, -0.05) is 29.8 Å². The zero-order valence-electron chi connectivity index (χ0n) is 11.0. The van der Waals surface area contributed by atoms with Crippen LogP contribution in [0, 0.1) is 12.8 Å². The van der Waals surface area contributed by atoms with Crippen LogP contribution in [0.4, 0.5) is 0 Å². The highest BCUT2D eigenvalue weighted by Gasteiger charge is 2.14. The number of rotatable bonds is 4. The molecule has 2 atom stereocenters. The van der Waals surface area contributed by atoms with E-state index in [1.54, 1.807) is 0 Å². The van der Waals surface area contributed by atoms with Crippen LogP contribution in [0.1, 0.15) is 36.9 Å². The molecule has 1 saturated heterocycles. The van der Waals surface area contributed by atoms with Gasteiger partial charge in [-0.2, -0.15) is 0 Å². The lowest BCUT2D eigenvalue weighted by molar-refractivity contribution is 0.348. The third kappa shape index (κ3) is 3.83. The maximum absolute atomic E-state index is 3.66. The van der Waals surface area contributed by atoms with Crippen molar-refractivity contribution in [2.45, 2.75) is 32.7 Å².